The van der Waals surface area contributed by atoms with Crippen molar-refractivity contribution < 1.29 is 5.11 Å². The minimum absolute atomic E-state index is 0.263. The summed E-state index contributed by atoms with van der Waals surface area (Å²) in [6.07, 6.45) is 7.10. The fraction of sp³-hybridized carbons (Fsp3) is 0.714. The average molecular weight is 326 g/mol. The van der Waals surface area contributed by atoms with E-state index in [0.717, 1.165) is 29.1 Å². The number of aromatic nitrogens is 2. The summed E-state index contributed by atoms with van der Waals surface area (Å²) in [4.78, 5) is 9.07. The number of rotatable bonds is 4. The Bertz CT molecular complexity index is 450. The van der Waals surface area contributed by atoms with Gasteiger partial charge in [0.05, 0.1) is 0 Å². The van der Waals surface area contributed by atoms with E-state index in [9.17, 15) is 5.11 Å². The third kappa shape index (κ3) is 3.26. The summed E-state index contributed by atoms with van der Waals surface area (Å²) in [6.45, 7) is 0.263. The van der Waals surface area contributed by atoms with Gasteiger partial charge in [-0.05, 0) is 41.6 Å². The van der Waals surface area contributed by atoms with Crippen LogP contribution in [0.15, 0.2) is 10.7 Å². The number of hydrogen-bond acceptors (Lipinski definition) is 4. The van der Waals surface area contributed by atoms with Crippen LogP contribution < -0.4 is 5.32 Å². The molecule has 4 nitrogen and oxygen atoms in total. The van der Waals surface area contributed by atoms with Crippen molar-refractivity contribution in [3.05, 3.63) is 16.5 Å². The zero-order valence-electron chi connectivity index (χ0n) is 11.0. The molecule has 0 radical (unpaired) electrons. The van der Waals surface area contributed by atoms with Crippen molar-refractivity contribution in [1.29, 1.82) is 0 Å². The first-order valence-electron chi connectivity index (χ1n) is 7.18. The second-order valence-corrected chi connectivity index (χ2v) is 6.50. The Balaban J connectivity index is 1.74. The Morgan fingerprint density at radius 3 is 2.74 bits per heavy atom. The minimum atomic E-state index is 0.263. The molecule has 1 heterocycles. The highest BCUT2D eigenvalue weighted by Crippen LogP contribution is 2.39. The molecule has 0 bridgehead atoms. The van der Waals surface area contributed by atoms with E-state index >= 15 is 0 Å². The maximum absolute atomic E-state index is 9.46. The summed E-state index contributed by atoms with van der Waals surface area (Å²) in [7, 11) is 0. The maximum Gasteiger partial charge on any atom is 0.135 e. The van der Waals surface area contributed by atoms with Gasteiger partial charge in [0, 0.05) is 30.6 Å². The average Bonchev–Trinajstić information content (AvgIpc) is 3.23. The first-order chi connectivity index (χ1) is 9.26. The first kappa shape index (κ1) is 13.3. The van der Waals surface area contributed by atoms with Gasteiger partial charge in [0.15, 0.2) is 0 Å². The molecular formula is C14H20BrN3O. The van der Waals surface area contributed by atoms with Crippen LogP contribution in [0.1, 0.15) is 50.3 Å². The van der Waals surface area contributed by atoms with Gasteiger partial charge in [0.25, 0.3) is 0 Å². The molecule has 1 aromatic rings. The molecule has 3 rings (SSSR count). The van der Waals surface area contributed by atoms with Crippen LogP contribution in [-0.4, -0.2) is 27.7 Å². The van der Waals surface area contributed by atoms with E-state index in [0.29, 0.717) is 17.9 Å². The van der Waals surface area contributed by atoms with Crippen molar-refractivity contribution in [3.8, 4) is 0 Å². The lowest BCUT2D eigenvalue weighted by Crippen LogP contribution is -2.34. The van der Waals surface area contributed by atoms with E-state index < -0.39 is 0 Å². The Morgan fingerprint density at radius 1 is 1.21 bits per heavy atom. The van der Waals surface area contributed by atoms with Gasteiger partial charge >= 0.3 is 0 Å². The summed E-state index contributed by atoms with van der Waals surface area (Å²) in [5.41, 5.74) is 0. The SMILES string of the molecule is OCC1CCCCC1Nc1cc(Br)nc(C2CC2)n1. The van der Waals surface area contributed by atoms with Crippen molar-refractivity contribution in [2.45, 2.75) is 50.5 Å². The van der Waals surface area contributed by atoms with E-state index in [1.54, 1.807) is 0 Å². The molecule has 0 amide bonds. The number of anilines is 1. The fourth-order valence-electron chi connectivity index (χ4n) is 2.84. The number of aliphatic hydroxyl groups is 1. The molecule has 2 aliphatic carbocycles. The van der Waals surface area contributed by atoms with Crippen LogP contribution in [0.5, 0.6) is 0 Å². The lowest BCUT2D eigenvalue weighted by molar-refractivity contribution is 0.178. The quantitative estimate of drug-likeness (QED) is 0.835. The zero-order valence-corrected chi connectivity index (χ0v) is 12.6. The molecule has 2 aliphatic rings. The maximum atomic E-state index is 9.46. The molecule has 0 aliphatic heterocycles. The van der Waals surface area contributed by atoms with Gasteiger partial charge in [-0.1, -0.05) is 12.8 Å². The second kappa shape index (κ2) is 5.75. The third-order valence-electron chi connectivity index (χ3n) is 4.13. The molecule has 2 N–H and O–H groups in total. The smallest absolute Gasteiger partial charge is 0.135 e. The first-order valence-corrected chi connectivity index (χ1v) is 7.97. The lowest BCUT2D eigenvalue weighted by Gasteiger charge is -2.31. The molecule has 0 aromatic carbocycles. The van der Waals surface area contributed by atoms with Crippen LogP contribution in [0.4, 0.5) is 5.82 Å². The molecule has 2 unspecified atom stereocenters. The standard InChI is InChI=1S/C14H20BrN3O/c15-12-7-13(18-14(17-12)9-5-6-9)16-11-4-2-1-3-10(11)8-19/h7,9-11,19H,1-6,8H2,(H,16,17,18). The van der Waals surface area contributed by atoms with E-state index in [1.165, 1.54) is 25.7 Å². The van der Waals surface area contributed by atoms with E-state index in [2.05, 4.69) is 31.2 Å². The topological polar surface area (TPSA) is 58.0 Å². The monoisotopic (exact) mass is 325 g/mol. The van der Waals surface area contributed by atoms with Crippen LogP contribution >= 0.6 is 15.9 Å². The van der Waals surface area contributed by atoms with Crippen LogP contribution in [0, 0.1) is 5.92 Å². The van der Waals surface area contributed by atoms with Crippen molar-refractivity contribution in [3.63, 3.8) is 0 Å². The van der Waals surface area contributed by atoms with Gasteiger partial charge in [-0.25, -0.2) is 9.97 Å². The summed E-state index contributed by atoms with van der Waals surface area (Å²) >= 11 is 3.47. The lowest BCUT2D eigenvalue weighted by atomic mass is 9.85. The van der Waals surface area contributed by atoms with Gasteiger partial charge in [0.1, 0.15) is 16.2 Å². The molecule has 2 atom stereocenters. The number of nitrogens with one attached hydrogen (secondary N) is 1. The molecule has 104 valence electrons. The molecule has 0 saturated heterocycles. The molecule has 1 aromatic heterocycles. The summed E-state index contributed by atoms with van der Waals surface area (Å²) in [6, 6.07) is 2.28. The van der Waals surface area contributed by atoms with Gasteiger partial charge in [-0.2, -0.15) is 0 Å². The number of hydrogen-bond donors (Lipinski definition) is 2. The summed E-state index contributed by atoms with van der Waals surface area (Å²) in [5.74, 6) is 2.76. The van der Waals surface area contributed by atoms with Crippen molar-refractivity contribution in [2.75, 3.05) is 11.9 Å². The molecule has 0 spiro atoms. The molecule has 5 heteroatoms. The fourth-order valence-corrected chi connectivity index (χ4v) is 3.24. The second-order valence-electron chi connectivity index (χ2n) is 5.69. The molecular weight excluding hydrogens is 306 g/mol. The summed E-state index contributed by atoms with van der Waals surface area (Å²) in [5, 5.41) is 13.0. The summed E-state index contributed by atoms with van der Waals surface area (Å²) < 4.78 is 0.850. The minimum Gasteiger partial charge on any atom is -0.396 e. The zero-order chi connectivity index (χ0) is 13.2. The highest BCUT2D eigenvalue weighted by Gasteiger charge is 2.28. The Hall–Kier alpha value is -0.680. The Morgan fingerprint density at radius 2 is 2.00 bits per heavy atom. The highest BCUT2D eigenvalue weighted by molar-refractivity contribution is 9.10. The number of nitrogens with zero attached hydrogens (tertiary/aromatic N) is 2. The van der Waals surface area contributed by atoms with Crippen molar-refractivity contribution >= 4 is 21.7 Å². The van der Waals surface area contributed by atoms with Gasteiger partial charge in [-0.15, -0.1) is 0 Å². The van der Waals surface area contributed by atoms with Crippen molar-refractivity contribution in [1.82, 2.24) is 9.97 Å². The number of aliphatic hydroxyl groups excluding tert-OH is 1. The molecule has 2 saturated carbocycles. The largest absolute Gasteiger partial charge is 0.396 e. The predicted octanol–water partition coefficient (Wildman–Crippen LogP) is 3.08. The normalized spacial score (nSPS) is 27.3. The molecule has 2 fully saturated rings. The Labute approximate surface area is 122 Å². The molecule has 19 heavy (non-hydrogen) atoms. The van der Waals surface area contributed by atoms with Crippen LogP contribution in [0.3, 0.4) is 0 Å². The van der Waals surface area contributed by atoms with E-state index in [-0.39, 0.29) is 6.61 Å². The Kier molecular flexibility index (Phi) is 4.03. The van der Waals surface area contributed by atoms with Crippen LogP contribution in [-0.2, 0) is 0 Å². The van der Waals surface area contributed by atoms with E-state index in [4.69, 9.17) is 0 Å². The third-order valence-corrected chi connectivity index (χ3v) is 4.54. The van der Waals surface area contributed by atoms with E-state index in [1.807, 2.05) is 6.07 Å². The number of halogens is 1. The van der Waals surface area contributed by atoms with Gasteiger partial charge < -0.3 is 10.4 Å². The predicted molar refractivity (Wildman–Crippen MR) is 78.2 cm³/mol. The van der Waals surface area contributed by atoms with Crippen molar-refractivity contribution in [2.24, 2.45) is 5.92 Å². The van der Waals surface area contributed by atoms with Gasteiger partial charge in [0.2, 0.25) is 0 Å². The van der Waals surface area contributed by atoms with Crippen LogP contribution in [0.25, 0.3) is 0 Å². The highest BCUT2D eigenvalue weighted by atomic mass is 79.9. The van der Waals surface area contributed by atoms with Crippen LogP contribution in [0.2, 0.25) is 0 Å². The van der Waals surface area contributed by atoms with Gasteiger partial charge in [-0.3, -0.25) is 0 Å².